The maximum atomic E-state index is 11.7. The molecule has 0 saturated heterocycles. The van der Waals surface area contributed by atoms with E-state index in [1.807, 2.05) is 0 Å². The lowest BCUT2D eigenvalue weighted by Crippen LogP contribution is -2.15. The van der Waals surface area contributed by atoms with Crippen molar-refractivity contribution in [3.8, 4) is 11.4 Å². The highest BCUT2D eigenvalue weighted by atomic mass is 16.3. The molecule has 2 aromatic rings. The average molecular weight is 203 g/mol. The molecule has 0 aromatic carbocycles. The highest BCUT2D eigenvalue weighted by molar-refractivity contribution is 5.52. The molecule has 2 aromatic heterocycles. The predicted molar refractivity (Wildman–Crippen MR) is 53.1 cm³/mol. The second-order valence-electron chi connectivity index (χ2n) is 3.46. The summed E-state index contributed by atoms with van der Waals surface area (Å²) in [6, 6.07) is 1.77. The molecule has 1 aliphatic heterocycles. The number of furan rings is 1. The third kappa shape index (κ3) is 1.28. The smallest absolute Gasteiger partial charge is 0.255 e. The molecule has 0 spiro atoms. The molecule has 3 rings (SSSR count). The molecular weight excluding hydrogens is 194 g/mol. The number of hydrogen-bond acceptors (Lipinski definition) is 4. The molecule has 15 heavy (non-hydrogen) atoms. The Hall–Kier alpha value is -1.88. The van der Waals surface area contributed by atoms with Gasteiger partial charge in [-0.1, -0.05) is 0 Å². The van der Waals surface area contributed by atoms with Crippen molar-refractivity contribution in [1.29, 1.82) is 0 Å². The Morgan fingerprint density at radius 1 is 1.40 bits per heavy atom. The second kappa shape index (κ2) is 3.06. The summed E-state index contributed by atoms with van der Waals surface area (Å²) in [5.74, 6) is 0.566. The van der Waals surface area contributed by atoms with Crippen LogP contribution in [0.4, 0.5) is 0 Å². The first kappa shape index (κ1) is 8.43. The van der Waals surface area contributed by atoms with Crippen molar-refractivity contribution in [3.63, 3.8) is 0 Å². The second-order valence-corrected chi connectivity index (χ2v) is 3.46. The lowest BCUT2D eigenvalue weighted by Gasteiger charge is -1.99. The Morgan fingerprint density at radius 3 is 3.13 bits per heavy atom. The monoisotopic (exact) mass is 203 g/mol. The Labute approximate surface area is 85.2 Å². The summed E-state index contributed by atoms with van der Waals surface area (Å²) in [7, 11) is 0. The van der Waals surface area contributed by atoms with Crippen LogP contribution < -0.4 is 10.9 Å². The number of fused-ring (bicyclic) bond motifs is 1. The average Bonchev–Trinajstić information content (AvgIpc) is 2.88. The van der Waals surface area contributed by atoms with Crippen LogP contribution >= 0.6 is 0 Å². The number of aromatic amines is 1. The van der Waals surface area contributed by atoms with Crippen molar-refractivity contribution < 1.29 is 4.42 Å². The predicted octanol–water partition coefficient (Wildman–Crippen LogP) is 0.633. The van der Waals surface area contributed by atoms with Gasteiger partial charge < -0.3 is 14.7 Å². The van der Waals surface area contributed by atoms with Gasteiger partial charge in [0.05, 0.1) is 23.1 Å². The standard InChI is InChI=1S/C10H9N3O2/c14-10-7-3-11-4-8(7)12-9(13-10)6-1-2-15-5-6/h1-2,5,11H,3-4H2,(H,12,13,14). The summed E-state index contributed by atoms with van der Waals surface area (Å²) < 4.78 is 4.95. The van der Waals surface area contributed by atoms with Gasteiger partial charge in [-0.2, -0.15) is 0 Å². The van der Waals surface area contributed by atoms with Crippen LogP contribution in [0.1, 0.15) is 11.3 Å². The minimum atomic E-state index is -0.0683. The highest BCUT2D eigenvalue weighted by Gasteiger charge is 2.17. The molecule has 1 aliphatic rings. The molecule has 0 fully saturated rings. The van der Waals surface area contributed by atoms with Gasteiger partial charge in [0.2, 0.25) is 0 Å². The van der Waals surface area contributed by atoms with Crippen molar-refractivity contribution in [3.05, 3.63) is 40.2 Å². The van der Waals surface area contributed by atoms with Gasteiger partial charge in [0, 0.05) is 13.1 Å². The van der Waals surface area contributed by atoms with E-state index >= 15 is 0 Å². The lowest BCUT2D eigenvalue weighted by molar-refractivity contribution is 0.568. The molecular formula is C10H9N3O2. The van der Waals surface area contributed by atoms with Gasteiger partial charge in [0.1, 0.15) is 12.1 Å². The van der Waals surface area contributed by atoms with Crippen molar-refractivity contribution >= 4 is 0 Å². The lowest BCUT2D eigenvalue weighted by atomic mass is 10.2. The van der Waals surface area contributed by atoms with E-state index in [9.17, 15) is 4.79 Å². The van der Waals surface area contributed by atoms with Crippen molar-refractivity contribution in [2.75, 3.05) is 0 Å². The van der Waals surface area contributed by atoms with Crippen LogP contribution in [0.2, 0.25) is 0 Å². The fourth-order valence-electron chi connectivity index (χ4n) is 1.71. The van der Waals surface area contributed by atoms with Gasteiger partial charge >= 0.3 is 0 Å². The number of hydrogen-bond donors (Lipinski definition) is 2. The first-order valence-electron chi connectivity index (χ1n) is 4.70. The highest BCUT2D eigenvalue weighted by Crippen LogP contribution is 2.16. The SMILES string of the molecule is O=c1[nH]c(-c2ccoc2)nc2c1CNC2. The van der Waals surface area contributed by atoms with E-state index < -0.39 is 0 Å². The summed E-state index contributed by atoms with van der Waals surface area (Å²) in [6.07, 6.45) is 3.12. The molecule has 0 atom stereocenters. The fourth-order valence-corrected chi connectivity index (χ4v) is 1.71. The van der Waals surface area contributed by atoms with Crippen LogP contribution in [0.25, 0.3) is 11.4 Å². The van der Waals surface area contributed by atoms with Crippen LogP contribution in [-0.2, 0) is 13.1 Å². The molecule has 2 N–H and O–H groups in total. The summed E-state index contributed by atoms with van der Waals surface area (Å²) in [5.41, 5.74) is 2.29. The molecule has 5 nitrogen and oxygen atoms in total. The van der Waals surface area contributed by atoms with Gasteiger partial charge in [-0.15, -0.1) is 0 Å². The summed E-state index contributed by atoms with van der Waals surface area (Å²) in [4.78, 5) is 18.8. The van der Waals surface area contributed by atoms with Crippen LogP contribution in [0.3, 0.4) is 0 Å². The maximum Gasteiger partial charge on any atom is 0.255 e. The molecule has 0 radical (unpaired) electrons. The van der Waals surface area contributed by atoms with Crippen LogP contribution in [-0.4, -0.2) is 9.97 Å². The molecule has 5 heteroatoms. The van der Waals surface area contributed by atoms with Crippen molar-refractivity contribution in [2.45, 2.75) is 13.1 Å². The number of aromatic nitrogens is 2. The molecule has 0 saturated carbocycles. The van der Waals surface area contributed by atoms with E-state index in [-0.39, 0.29) is 5.56 Å². The molecule has 3 heterocycles. The zero-order valence-electron chi connectivity index (χ0n) is 7.91. The van der Waals surface area contributed by atoms with E-state index in [4.69, 9.17) is 4.42 Å². The number of nitrogens with zero attached hydrogens (tertiary/aromatic N) is 1. The minimum absolute atomic E-state index is 0.0683. The Morgan fingerprint density at radius 2 is 2.33 bits per heavy atom. The third-order valence-corrected chi connectivity index (χ3v) is 2.49. The Balaban J connectivity index is 2.20. The molecule has 0 bridgehead atoms. The number of H-pyrrole nitrogens is 1. The molecule has 76 valence electrons. The van der Waals surface area contributed by atoms with Gasteiger partial charge in [-0.05, 0) is 6.07 Å². The Bertz CT molecular complexity index is 542. The van der Waals surface area contributed by atoms with Crippen LogP contribution in [0.15, 0.2) is 27.8 Å². The third-order valence-electron chi connectivity index (χ3n) is 2.49. The van der Waals surface area contributed by atoms with Crippen molar-refractivity contribution in [2.24, 2.45) is 0 Å². The topological polar surface area (TPSA) is 70.9 Å². The zero-order chi connectivity index (χ0) is 10.3. The molecule has 0 aliphatic carbocycles. The van der Waals surface area contributed by atoms with Gasteiger partial charge in [0.15, 0.2) is 0 Å². The van der Waals surface area contributed by atoms with E-state index in [0.717, 1.165) is 16.8 Å². The van der Waals surface area contributed by atoms with Crippen LogP contribution in [0.5, 0.6) is 0 Å². The van der Waals surface area contributed by atoms with E-state index in [0.29, 0.717) is 18.9 Å². The Kier molecular flexibility index (Phi) is 1.72. The first-order valence-corrected chi connectivity index (χ1v) is 4.70. The number of rotatable bonds is 1. The van der Waals surface area contributed by atoms with Crippen molar-refractivity contribution in [1.82, 2.24) is 15.3 Å². The van der Waals surface area contributed by atoms with Gasteiger partial charge in [0.25, 0.3) is 5.56 Å². The van der Waals surface area contributed by atoms with E-state index in [2.05, 4.69) is 15.3 Å². The quantitative estimate of drug-likeness (QED) is 0.713. The fraction of sp³-hybridized carbons (Fsp3) is 0.200. The normalized spacial score (nSPS) is 14.1. The largest absolute Gasteiger partial charge is 0.472 e. The number of nitrogens with one attached hydrogen (secondary N) is 2. The summed E-state index contributed by atoms with van der Waals surface area (Å²) >= 11 is 0. The molecule has 0 amide bonds. The zero-order valence-corrected chi connectivity index (χ0v) is 7.91. The van der Waals surface area contributed by atoms with Gasteiger partial charge in [-0.25, -0.2) is 4.98 Å². The van der Waals surface area contributed by atoms with Gasteiger partial charge in [-0.3, -0.25) is 4.79 Å². The first-order chi connectivity index (χ1) is 7.34. The molecule has 0 unspecified atom stereocenters. The van der Waals surface area contributed by atoms with E-state index in [1.54, 1.807) is 18.6 Å². The summed E-state index contributed by atoms with van der Waals surface area (Å²) in [5, 5.41) is 3.10. The van der Waals surface area contributed by atoms with E-state index in [1.165, 1.54) is 0 Å². The van der Waals surface area contributed by atoms with Crippen LogP contribution in [0, 0.1) is 0 Å². The summed E-state index contributed by atoms with van der Waals surface area (Å²) in [6.45, 7) is 1.26. The maximum absolute atomic E-state index is 11.7. The minimum Gasteiger partial charge on any atom is -0.472 e.